The number of fused-ring (bicyclic) bond motifs is 1. The van der Waals surface area contributed by atoms with Gasteiger partial charge in [-0.15, -0.1) is 0 Å². The minimum absolute atomic E-state index is 0.0768. The second kappa shape index (κ2) is 5.32. The summed E-state index contributed by atoms with van der Waals surface area (Å²) in [5, 5.41) is 4.92. The second-order valence-electron chi connectivity index (χ2n) is 5.31. The van der Waals surface area contributed by atoms with Gasteiger partial charge < -0.3 is 4.98 Å². The predicted octanol–water partition coefficient (Wildman–Crippen LogP) is 3.20. The molecule has 0 saturated carbocycles. The van der Waals surface area contributed by atoms with E-state index in [0.29, 0.717) is 17.5 Å². The van der Waals surface area contributed by atoms with E-state index in [4.69, 9.17) is 5.14 Å². The monoisotopic (exact) mass is 355 g/mol. The van der Waals surface area contributed by atoms with Gasteiger partial charge in [0, 0.05) is 5.56 Å². The Hall–Kier alpha value is -2.39. The molecule has 3 N–H and O–H groups in total. The highest BCUT2D eigenvalue weighted by Crippen LogP contribution is 2.36. The zero-order chi connectivity index (χ0) is 17.7. The minimum Gasteiger partial charge on any atom is -0.338 e. The molecule has 0 aliphatic rings. The Morgan fingerprint density at radius 3 is 2.42 bits per heavy atom. The molecule has 1 heterocycles. The average molecular weight is 355 g/mol. The number of alkyl halides is 3. The van der Waals surface area contributed by atoms with Crippen LogP contribution in [0.5, 0.6) is 0 Å². The fraction of sp³-hybridized carbons (Fsp3) is 0.133. The molecule has 24 heavy (non-hydrogen) atoms. The third kappa shape index (κ3) is 2.87. The summed E-state index contributed by atoms with van der Waals surface area (Å²) in [5.74, 6) is 0.350. The van der Waals surface area contributed by atoms with Gasteiger partial charge in [0.25, 0.3) is 0 Å². The first-order valence-corrected chi connectivity index (χ1v) is 8.32. The van der Waals surface area contributed by atoms with Crippen LogP contribution in [0.25, 0.3) is 22.4 Å². The molecule has 0 aliphatic carbocycles. The number of nitrogens with two attached hydrogens (primary N) is 1. The summed E-state index contributed by atoms with van der Waals surface area (Å²) < 4.78 is 62.5. The molecule has 0 bridgehead atoms. The lowest BCUT2D eigenvalue weighted by molar-refractivity contribution is -0.139. The maximum Gasteiger partial charge on any atom is 0.417 e. The van der Waals surface area contributed by atoms with Crippen molar-refractivity contribution in [2.45, 2.75) is 18.0 Å². The Balaban J connectivity index is 2.30. The second-order valence-corrected chi connectivity index (χ2v) is 6.84. The lowest BCUT2D eigenvalue weighted by Gasteiger charge is -2.11. The first-order valence-electron chi connectivity index (χ1n) is 6.77. The highest BCUT2D eigenvalue weighted by molar-refractivity contribution is 7.89. The van der Waals surface area contributed by atoms with Crippen LogP contribution < -0.4 is 5.14 Å². The Labute approximate surface area is 135 Å². The molecule has 0 atom stereocenters. The van der Waals surface area contributed by atoms with E-state index in [1.807, 2.05) is 19.1 Å². The number of halogens is 3. The van der Waals surface area contributed by atoms with Crippen molar-refractivity contribution in [2.75, 3.05) is 0 Å². The van der Waals surface area contributed by atoms with Gasteiger partial charge in [0.1, 0.15) is 5.82 Å². The highest BCUT2D eigenvalue weighted by atomic mass is 32.2. The molecule has 0 amide bonds. The topological polar surface area (TPSA) is 88.8 Å². The van der Waals surface area contributed by atoms with Crippen LogP contribution in [0.15, 0.2) is 41.3 Å². The average Bonchev–Trinajstić information content (AvgIpc) is 2.87. The van der Waals surface area contributed by atoms with Crippen molar-refractivity contribution < 1.29 is 21.6 Å². The Morgan fingerprint density at radius 2 is 1.83 bits per heavy atom. The fourth-order valence-corrected chi connectivity index (χ4v) is 3.22. The van der Waals surface area contributed by atoms with Gasteiger partial charge in [-0.05, 0) is 24.6 Å². The largest absolute Gasteiger partial charge is 0.417 e. The zero-order valence-corrected chi connectivity index (χ0v) is 13.2. The first-order chi connectivity index (χ1) is 11.1. The number of benzene rings is 2. The van der Waals surface area contributed by atoms with Crippen LogP contribution in [0.4, 0.5) is 13.2 Å². The number of H-pyrrole nitrogens is 1. The number of imidazole rings is 1. The number of sulfonamides is 1. The smallest absolute Gasteiger partial charge is 0.338 e. The minimum atomic E-state index is -4.86. The third-order valence-electron chi connectivity index (χ3n) is 3.60. The quantitative estimate of drug-likeness (QED) is 0.740. The van der Waals surface area contributed by atoms with Gasteiger partial charge in [-0.25, -0.2) is 18.5 Å². The van der Waals surface area contributed by atoms with E-state index in [9.17, 15) is 21.6 Å². The van der Waals surface area contributed by atoms with Crippen LogP contribution >= 0.6 is 0 Å². The molecule has 3 rings (SSSR count). The van der Waals surface area contributed by atoms with Gasteiger partial charge >= 0.3 is 6.18 Å². The SMILES string of the molecule is Cc1ccccc1-c1nc2cc(S(N)(=O)=O)c(C(F)(F)F)cc2[nH]1. The van der Waals surface area contributed by atoms with Crippen molar-refractivity contribution >= 4 is 21.1 Å². The van der Waals surface area contributed by atoms with Gasteiger partial charge in [0.2, 0.25) is 10.0 Å². The summed E-state index contributed by atoms with van der Waals surface area (Å²) in [6, 6.07) is 8.74. The van der Waals surface area contributed by atoms with Gasteiger partial charge in [0.15, 0.2) is 0 Å². The summed E-state index contributed by atoms with van der Waals surface area (Å²) in [4.78, 5) is 6.00. The van der Waals surface area contributed by atoms with E-state index < -0.39 is 26.7 Å². The van der Waals surface area contributed by atoms with Crippen molar-refractivity contribution in [3.63, 3.8) is 0 Å². The molecule has 0 spiro atoms. The van der Waals surface area contributed by atoms with Crippen LogP contribution in [0.1, 0.15) is 11.1 Å². The molecule has 0 radical (unpaired) electrons. The number of nitrogens with zero attached hydrogens (tertiary/aromatic N) is 1. The summed E-state index contributed by atoms with van der Waals surface area (Å²) >= 11 is 0. The van der Waals surface area contributed by atoms with Crippen molar-refractivity contribution in [3.05, 3.63) is 47.5 Å². The van der Waals surface area contributed by atoms with E-state index in [1.165, 1.54) is 0 Å². The van der Waals surface area contributed by atoms with Crippen LogP contribution in [0.3, 0.4) is 0 Å². The van der Waals surface area contributed by atoms with Gasteiger partial charge in [-0.2, -0.15) is 13.2 Å². The Morgan fingerprint density at radius 1 is 1.17 bits per heavy atom. The Kier molecular flexibility index (Phi) is 3.65. The Bertz CT molecular complexity index is 1040. The molecule has 1 aromatic heterocycles. The van der Waals surface area contributed by atoms with Crippen LogP contribution in [0, 0.1) is 6.92 Å². The number of primary sulfonamides is 1. The maximum absolute atomic E-state index is 13.1. The molecule has 0 saturated heterocycles. The predicted molar refractivity (Wildman–Crippen MR) is 82.6 cm³/mol. The number of nitrogens with one attached hydrogen (secondary N) is 1. The van der Waals surface area contributed by atoms with E-state index in [2.05, 4.69) is 9.97 Å². The molecule has 0 unspecified atom stereocenters. The molecular weight excluding hydrogens is 343 g/mol. The molecule has 0 fully saturated rings. The first kappa shape index (κ1) is 16.5. The molecular formula is C15H12F3N3O2S. The molecule has 9 heteroatoms. The highest BCUT2D eigenvalue weighted by Gasteiger charge is 2.37. The summed E-state index contributed by atoms with van der Waals surface area (Å²) in [6.45, 7) is 1.83. The molecule has 2 aromatic carbocycles. The van der Waals surface area contributed by atoms with E-state index in [0.717, 1.165) is 11.6 Å². The van der Waals surface area contributed by atoms with Crippen molar-refractivity contribution in [3.8, 4) is 11.4 Å². The standard InChI is InChI=1S/C15H12F3N3O2S/c1-8-4-2-3-5-9(8)14-20-11-6-10(15(16,17)18)13(24(19,22)23)7-12(11)21-14/h2-7H,1H3,(H,20,21)(H2,19,22,23). The van der Waals surface area contributed by atoms with Crippen LogP contribution in [0.2, 0.25) is 0 Å². The van der Waals surface area contributed by atoms with E-state index in [1.54, 1.807) is 12.1 Å². The number of hydrogen-bond acceptors (Lipinski definition) is 3. The van der Waals surface area contributed by atoms with Crippen LogP contribution in [-0.2, 0) is 16.2 Å². The van der Waals surface area contributed by atoms with Gasteiger partial charge in [-0.1, -0.05) is 24.3 Å². The molecule has 5 nitrogen and oxygen atoms in total. The number of aromatic nitrogens is 2. The normalized spacial score (nSPS) is 12.7. The van der Waals surface area contributed by atoms with Crippen molar-refractivity contribution in [2.24, 2.45) is 5.14 Å². The zero-order valence-electron chi connectivity index (χ0n) is 12.3. The van der Waals surface area contributed by atoms with Gasteiger partial charge in [0.05, 0.1) is 21.5 Å². The van der Waals surface area contributed by atoms with E-state index >= 15 is 0 Å². The maximum atomic E-state index is 13.1. The van der Waals surface area contributed by atoms with Crippen LogP contribution in [-0.4, -0.2) is 18.4 Å². The number of rotatable bonds is 2. The summed E-state index contributed by atoms with van der Waals surface area (Å²) in [5.41, 5.74) is 0.425. The summed E-state index contributed by atoms with van der Waals surface area (Å²) in [6.07, 6.45) is -4.86. The van der Waals surface area contributed by atoms with E-state index in [-0.39, 0.29) is 11.0 Å². The fourth-order valence-electron chi connectivity index (χ4n) is 2.46. The lowest BCUT2D eigenvalue weighted by atomic mass is 10.1. The number of aromatic amines is 1. The van der Waals surface area contributed by atoms with Crippen molar-refractivity contribution in [1.29, 1.82) is 0 Å². The molecule has 0 aliphatic heterocycles. The van der Waals surface area contributed by atoms with Gasteiger partial charge in [-0.3, -0.25) is 0 Å². The molecule has 3 aromatic rings. The lowest BCUT2D eigenvalue weighted by Crippen LogP contribution is -2.19. The molecule has 126 valence electrons. The number of aryl methyl sites for hydroxylation is 1. The van der Waals surface area contributed by atoms with Crippen molar-refractivity contribution in [1.82, 2.24) is 9.97 Å². The number of hydrogen-bond donors (Lipinski definition) is 2. The summed E-state index contributed by atoms with van der Waals surface area (Å²) in [7, 11) is -4.55. The third-order valence-corrected chi connectivity index (χ3v) is 4.55.